The highest BCUT2D eigenvalue weighted by Gasteiger charge is 2.12. The van der Waals surface area contributed by atoms with E-state index < -0.39 is 11.7 Å². The summed E-state index contributed by atoms with van der Waals surface area (Å²) >= 11 is 0. The van der Waals surface area contributed by atoms with Crippen LogP contribution in [0.15, 0.2) is 68.4 Å². The maximum Gasteiger partial charge on any atom is 0.419 e. The first kappa shape index (κ1) is 17.8. The number of rotatable bonds is 6. The zero-order chi connectivity index (χ0) is 19.5. The predicted octanol–water partition coefficient (Wildman–Crippen LogP) is 3.69. The SMILES string of the molecule is Cc1ccc(-c2nc(COC(=O)CCn3c(=O)oc4ccccc43)co2)cc1. The van der Waals surface area contributed by atoms with E-state index in [1.807, 2.05) is 37.3 Å². The number of oxazole rings is 2. The molecule has 0 aliphatic heterocycles. The molecule has 28 heavy (non-hydrogen) atoms. The smallest absolute Gasteiger partial charge is 0.419 e. The summed E-state index contributed by atoms with van der Waals surface area (Å²) in [5, 5.41) is 0. The van der Waals surface area contributed by atoms with E-state index in [1.165, 1.54) is 10.8 Å². The minimum atomic E-state index is -0.492. The average molecular weight is 378 g/mol. The van der Waals surface area contributed by atoms with E-state index in [-0.39, 0.29) is 19.6 Å². The van der Waals surface area contributed by atoms with Gasteiger partial charge in [0.25, 0.3) is 0 Å². The van der Waals surface area contributed by atoms with Gasteiger partial charge in [-0.1, -0.05) is 29.8 Å². The van der Waals surface area contributed by atoms with Gasteiger partial charge in [-0.2, -0.15) is 0 Å². The maximum atomic E-state index is 12.0. The van der Waals surface area contributed by atoms with Crippen molar-refractivity contribution in [3.8, 4) is 11.5 Å². The van der Waals surface area contributed by atoms with Crippen LogP contribution in [0.25, 0.3) is 22.6 Å². The summed E-state index contributed by atoms with van der Waals surface area (Å²) in [7, 11) is 0. The minimum Gasteiger partial charge on any atom is -0.459 e. The summed E-state index contributed by atoms with van der Waals surface area (Å²) in [4.78, 5) is 28.3. The van der Waals surface area contributed by atoms with Crippen molar-refractivity contribution in [2.45, 2.75) is 26.5 Å². The molecular formula is C21H18N2O5. The van der Waals surface area contributed by atoms with Crippen LogP contribution in [0.4, 0.5) is 0 Å². The number of hydrogen-bond donors (Lipinski definition) is 0. The highest BCUT2D eigenvalue weighted by Crippen LogP contribution is 2.19. The minimum absolute atomic E-state index is 0.00915. The van der Waals surface area contributed by atoms with Crippen molar-refractivity contribution in [3.05, 3.63) is 76.6 Å². The Labute approximate surface area is 160 Å². The van der Waals surface area contributed by atoms with Gasteiger partial charge in [-0.15, -0.1) is 0 Å². The molecule has 0 unspecified atom stereocenters. The Morgan fingerprint density at radius 3 is 2.75 bits per heavy atom. The molecule has 4 aromatic rings. The molecule has 142 valence electrons. The first-order valence-electron chi connectivity index (χ1n) is 8.85. The normalized spacial score (nSPS) is 11.0. The summed E-state index contributed by atoms with van der Waals surface area (Å²) < 4.78 is 17.2. The van der Waals surface area contributed by atoms with Crippen LogP contribution < -0.4 is 5.76 Å². The lowest BCUT2D eigenvalue weighted by molar-refractivity contribution is -0.145. The first-order chi connectivity index (χ1) is 13.6. The Morgan fingerprint density at radius 1 is 1.14 bits per heavy atom. The van der Waals surface area contributed by atoms with E-state index >= 15 is 0 Å². The largest absolute Gasteiger partial charge is 0.459 e. The number of aromatic nitrogens is 2. The molecule has 0 saturated carbocycles. The second-order valence-electron chi connectivity index (χ2n) is 6.41. The number of esters is 1. The fourth-order valence-electron chi connectivity index (χ4n) is 2.86. The summed E-state index contributed by atoms with van der Waals surface area (Å²) in [6.07, 6.45) is 1.52. The van der Waals surface area contributed by atoms with Gasteiger partial charge in [0, 0.05) is 12.1 Å². The standard InChI is InChI=1S/C21H18N2O5/c1-14-6-8-15(9-7-14)20-22-16(13-27-20)12-26-19(24)10-11-23-17-4-2-3-5-18(17)28-21(23)25/h2-9,13H,10-12H2,1H3. The molecule has 2 aromatic heterocycles. The van der Waals surface area contributed by atoms with Crippen LogP contribution in [0.2, 0.25) is 0 Å². The molecule has 0 spiro atoms. The van der Waals surface area contributed by atoms with Gasteiger partial charge in [-0.3, -0.25) is 9.36 Å². The van der Waals surface area contributed by atoms with Gasteiger partial charge in [0.2, 0.25) is 5.89 Å². The van der Waals surface area contributed by atoms with Gasteiger partial charge in [-0.25, -0.2) is 9.78 Å². The van der Waals surface area contributed by atoms with E-state index in [4.69, 9.17) is 13.6 Å². The zero-order valence-electron chi connectivity index (χ0n) is 15.3. The topological polar surface area (TPSA) is 87.5 Å². The van der Waals surface area contributed by atoms with Crippen LogP contribution >= 0.6 is 0 Å². The number of fused-ring (bicyclic) bond motifs is 1. The van der Waals surface area contributed by atoms with E-state index in [0.717, 1.165) is 11.1 Å². The van der Waals surface area contributed by atoms with E-state index in [1.54, 1.807) is 18.2 Å². The van der Waals surface area contributed by atoms with Crippen molar-refractivity contribution in [2.75, 3.05) is 0 Å². The van der Waals surface area contributed by atoms with Crippen molar-refractivity contribution < 1.29 is 18.4 Å². The summed E-state index contributed by atoms with van der Waals surface area (Å²) in [6.45, 7) is 2.20. The second-order valence-corrected chi connectivity index (χ2v) is 6.41. The Kier molecular flexibility index (Phi) is 4.80. The van der Waals surface area contributed by atoms with Gasteiger partial charge in [0.1, 0.15) is 18.6 Å². The van der Waals surface area contributed by atoms with Crippen LogP contribution in [-0.2, 0) is 22.7 Å². The van der Waals surface area contributed by atoms with Crippen molar-refractivity contribution in [1.29, 1.82) is 0 Å². The summed E-state index contributed by atoms with van der Waals surface area (Å²) in [6, 6.07) is 14.9. The van der Waals surface area contributed by atoms with Crippen LogP contribution in [-0.4, -0.2) is 15.5 Å². The Morgan fingerprint density at radius 2 is 1.93 bits per heavy atom. The average Bonchev–Trinajstić information content (AvgIpc) is 3.29. The van der Waals surface area contributed by atoms with E-state index in [0.29, 0.717) is 22.7 Å². The van der Waals surface area contributed by atoms with Crippen molar-refractivity contribution in [1.82, 2.24) is 9.55 Å². The maximum absolute atomic E-state index is 12.0. The predicted molar refractivity (Wildman–Crippen MR) is 102 cm³/mol. The quantitative estimate of drug-likeness (QED) is 0.476. The van der Waals surface area contributed by atoms with Gasteiger partial charge < -0.3 is 13.6 Å². The Bertz CT molecular complexity index is 1170. The van der Waals surface area contributed by atoms with Crippen molar-refractivity contribution >= 4 is 17.1 Å². The third-order valence-electron chi connectivity index (χ3n) is 4.34. The van der Waals surface area contributed by atoms with Gasteiger partial charge >= 0.3 is 11.7 Å². The molecule has 0 saturated heterocycles. The molecule has 2 heterocycles. The molecule has 0 amide bonds. The molecule has 0 radical (unpaired) electrons. The van der Waals surface area contributed by atoms with Gasteiger partial charge in [0.15, 0.2) is 5.58 Å². The van der Waals surface area contributed by atoms with Crippen LogP contribution in [0.3, 0.4) is 0 Å². The Hall–Kier alpha value is -3.61. The lowest BCUT2D eigenvalue weighted by Crippen LogP contribution is -2.17. The fourth-order valence-corrected chi connectivity index (χ4v) is 2.86. The number of aryl methyl sites for hydroxylation is 2. The Balaban J connectivity index is 1.34. The number of hydrogen-bond acceptors (Lipinski definition) is 6. The number of carbonyl (C=O) groups is 1. The molecule has 4 rings (SSSR count). The van der Waals surface area contributed by atoms with Gasteiger partial charge in [-0.05, 0) is 31.2 Å². The summed E-state index contributed by atoms with van der Waals surface area (Å²) in [5.74, 6) is -0.451. The second kappa shape index (κ2) is 7.56. The molecule has 0 atom stereocenters. The number of carbonyl (C=O) groups excluding carboxylic acids is 1. The first-order valence-corrected chi connectivity index (χ1v) is 8.85. The third-order valence-corrected chi connectivity index (χ3v) is 4.34. The van der Waals surface area contributed by atoms with Crippen LogP contribution in [0.1, 0.15) is 17.7 Å². The molecule has 0 N–H and O–H groups in total. The van der Waals surface area contributed by atoms with Crippen LogP contribution in [0.5, 0.6) is 0 Å². The van der Waals surface area contributed by atoms with Crippen molar-refractivity contribution in [3.63, 3.8) is 0 Å². The van der Waals surface area contributed by atoms with Crippen LogP contribution in [0, 0.1) is 6.92 Å². The molecule has 0 aliphatic carbocycles. The molecule has 0 bridgehead atoms. The molecule has 0 fully saturated rings. The molecule has 7 nitrogen and oxygen atoms in total. The van der Waals surface area contributed by atoms with E-state index in [9.17, 15) is 9.59 Å². The molecule has 2 aromatic carbocycles. The third kappa shape index (κ3) is 3.73. The zero-order valence-corrected chi connectivity index (χ0v) is 15.3. The number of ether oxygens (including phenoxy) is 1. The number of nitrogens with zero attached hydrogens (tertiary/aromatic N) is 2. The molecule has 7 heteroatoms. The highest BCUT2D eigenvalue weighted by atomic mass is 16.5. The molecular weight excluding hydrogens is 360 g/mol. The summed E-state index contributed by atoms with van der Waals surface area (Å²) in [5.41, 5.74) is 3.67. The fraction of sp³-hybridized carbons (Fsp3) is 0.190. The van der Waals surface area contributed by atoms with E-state index in [2.05, 4.69) is 4.98 Å². The lowest BCUT2D eigenvalue weighted by atomic mass is 10.1. The van der Waals surface area contributed by atoms with Gasteiger partial charge in [0.05, 0.1) is 11.9 Å². The number of para-hydroxylation sites is 2. The lowest BCUT2D eigenvalue weighted by Gasteiger charge is -2.03. The van der Waals surface area contributed by atoms with Crippen molar-refractivity contribution in [2.24, 2.45) is 0 Å². The highest BCUT2D eigenvalue weighted by molar-refractivity contribution is 5.73. The monoisotopic (exact) mass is 378 g/mol. The molecule has 0 aliphatic rings. The number of benzene rings is 2.